The molecule has 4 heterocycles. The molecule has 274 valence electrons. The molecule has 0 fully saturated rings. The lowest BCUT2D eigenvalue weighted by atomic mass is 9.34. The number of rotatable bonds is 0. The summed E-state index contributed by atoms with van der Waals surface area (Å²) < 4.78 is 5.26. The Bertz CT molecular complexity index is 3600. The lowest BCUT2D eigenvalue weighted by molar-refractivity contribution is 0.661. The Hall–Kier alpha value is -6.84. The third-order valence-corrected chi connectivity index (χ3v) is 15.5. The zero-order chi connectivity index (χ0) is 38.8. The number of fused-ring (bicyclic) bond motifs is 20. The fourth-order valence-corrected chi connectivity index (χ4v) is 12.9. The SMILES string of the molecule is CC1(C)c2cc3c(cc2-c2c1ccc1ccccc21)c1cccc2c1n3-c1cccc3c1B2c1cccc2c4cc5c(cc4n-3c12)C(C)(C)c1ccc2ccccc2c1-5. The molecule has 11 aromatic rings. The first kappa shape index (κ1) is 31.2. The average molecular weight is 749 g/mol. The van der Waals surface area contributed by atoms with Crippen molar-refractivity contribution < 1.29 is 0 Å². The molecule has 0 amide bonds. The highest BCUT2D eigenvalue weighted by Crippen LogP contribution is 2.55. The molecule has 59 heavy (non-hydrogen) atoms. The summed E-state index contributed by atoms with van der Waals surface area (Å²) in [7, 11) is 0. The zero-order valence-electron chi connectivity index (χ0n) is 33.4. The van der Waals surface area contributed by atoms with Crippen molar-refractivity contribution in [3.63, 3.8) is 0 Å². The van der Waals surface area contributed by atoms with E-state index in [1.54, 1.807) is 0 Å². The molecule has 0 spiro atoms. The maximum absolute atomic E-state index is 2.63. The van der Waals surface area contributed by atoms with E-state index in [1.165, 1.54) is 137 Å². The largest absolute Gasteiger partial charge is 0.310 e. The van der Waals surface area contributed by atoms with Gasteiger partial charge in [-0.25, -0.2) is 0 Å². The van der Waals surface area contributed by atoms with Gasteiger partial charge in [0.15, 0.2) is 0 Å². The average Bonchev–Trinajstić information content (AvgIpc) is 3.92. The molecule has 0 saturated carbocycles. The smallest absolute Gasteiger partial charge is 0.252 e. The summed E-state index contributed by atoms with van der Waals surface area (Å²) in [5.41, 5.74) is 23.1. The molecule has 0 bridgehead atoms. The second kappa shape index (κ2) is 9.88. The van der Waals surface area contributed by atoms with E-state index in [2.05, 4.69) is 188 Å². The molecule has 2 aliphatic heterocycles. The quantitative estimate of drug-likeness (QED) is 0.137. The summed E-state index contributed by atoms with van der Waals surface area (Å²) in [6.07, 6.45) is 0. The van der Waals surface area contributed by atoms with Crippen molar-refractivity contribution in [2.75, 3.05) is 0 Å². The van der Waals surface area contributed by atoms with Crippen LogP contribution in [0.5, 0.6) is 0 Å². The molecule has 0 N–H and O–H groups in total. The van der Waals surface area contributed by atoms with Gasteiger partial charge < -0.3 is 9.13 Å². The van der Waals surface area contributed by atoms with Gasteiger partial charge in [-0.3, -0.25) is 0 Å². The van der Waals surface area contributed by atoms with E-state index in [0.29, 0.717) is 0 Å². The maximum atomic E-state index is 2.63. The van der Waals surface area contributed by atoms with Gasteiger partial charge in [0, 0.05) is 54.8 Å². The monoisotopic (exact) mass is 748 g/mol. The molecule has 0 radical (unpaired) electrons. The van der Waals surface area contributed by atoms with Gasteiger partial charge in [-0.15, -0.1) is 0 Å². The van der Waals surface area contributed by atoms with Crippen molar-refractivity contribution in [1.82, 2.24) is 9.13 Å². The van der Waals surface area contributed by atoms with Crippen molar-refractivity contribution >= 4 is 88.3 Å². The minimum Gasteiger partial charge on any atom is -0.310 e. The van der Waals surface area contributed by atoms with E-state index in [0.717, 1.165) is 0 Å². The summed E-state index contributed by atoms with van der Waals surface area (Å²) in [6.45, 7) is 9.80. The predicted molar refractivity (Wildman–Crippen MR) is 250 cm³/mol. The zero-order valence-corrected chi connectivity index (χ0v) is 33.4. The molecular formula is C56H37BN2. The Morgan fingerprint density at radius 3 is 1.32 bits per heavy atom. The van der Waals surface area contributed by atoms with Gasteiger partial charge in [0.2, 0.25) is 0 Å². The van der Waals surface area contributed by atoms with Gasteiger partial charge in [0.1, 0.15) is 0 Å². The van der Waals surface area contributed by atoms with Gasteiger partial charge in [-0.05, 0) is 119 Å². The van der Waals surface area contributed by atoms with Crippen molar-refractivity contribution in [3.05, 3.63) is 174 Å². The topological polar surface area (TPSA) is 9.86 Å². The van der Waals surface area contributed by atoms with E-state index in [1.807, 2.05) is 0 Å². The van der Waals surface area contributed by atoms with Crippen molar-refractivity contribution in [2.45, 2.75) is 38.5 Å². The second-order valence-electron chi connectivity index (χ2n) is 18.8. The third-order valence-electron chi connectivity index (χ3n) is 15.5. The Morgan fingerprint density at radius 1 is 0.390 bits per heavy atom. The fraction of sp³-hybridized carbons (Fsp3) is 0.107. The van der Waals surface area contributed by atoms with Crippen molar-refractivity contribution in [2.24, 2.45) is 0 Å². The Labute approximate surface area is 342 Å². The molecule has 2 aromatic heterocycles. The molecule has 15 rings (SSSR count). The van der Waals surface area contributed by atoms with Crippen LogP contribution >= 0.6 is 0 Å². The number of aromatic nitrogens is 2. The minimum atomic E-state index is -0.121. The maximum Gasteiger partial charge on any atom is 0.252 e. The van der Waals surface area contributed by atoms with E-state index in [-0.39, 0.29) is 17.5 Å². The van der Waals surface area contributed by atoms with E-state index >= 15 is 0 Å². The molecule has 0 unspecified atom stereocenters. The van der Waals surface area contributed by atoms with E-state index < -0.39 is 0 Å². The van der Waals surface area contributed by atoms with Gasteiger partial charge in [0.05, 0.1) is 11.0 Å². The van der Waals surface area contributed by atoms with Crippen LogP contribution < -0.4 is 16.4 Å². The lowest BCUT2D eigenvalue weighted by Gasteiger charge is -2.33. The van der Waals surface area contributed by atoms with Crippen molar-refractivity contribution in [1.29, 1.82) is 0 Å². The minimum absolute atomic E-state index is 0.121. The van der Waals surface area contributed by atoms with Gasteiger partial charge >= 0.3 is 0 Å². The van der Waals surface area contributed by atoms with Crippen LogP contribution in [0.3, 0.4) is 0 Å². The fourth-order valence-electron chi connectivity index (χ4n) is 12.9. The van der Waals surface area contributed by atoms with E-state index in [4.69, 9.17) is 0 Å². The number of hydrogen-bond acceptors (Lipinski definition) is 0. The van der Waals surface area contributed by atoms with Crippen LogP contribution in [0.4, 0.5) is 0 Å². The normalized spacial score (nSPS) is 15.7. The Balaban J connectivity index is 1.04. The highest BCUT2D eigenvalue weighted by molar-refractivity contribution is 7.00. The van der Waals surface area contributed by atoms with Crippen LogP contribution in [0.25, 0.3) is 98.8 Å². The summed E-state index contributed by atoms with van der Waals surface area (Å²) in [5.74, 6) is 0. The summed E-state index contributed by atoms with van der Waals surface area (Å²) >= 11 is 0. The van der Waals surface area contributed by atoms with Crippen LogP contribution in [-0.2, 0) is 10.8 Å². The molecule has 2 nitrogen and oxygen atoms in total. The molecule has 0 atom stereocenters. The molecule has 9 aromatic carbocycles. The number of para-hydroxylation sites is 2. The Kier molecular flexibility index (Phi) is 5.22. The summed E-state index contributed by atoms with van der Waals surface area (Å²) in [5, 5.41) is 10.6. The number of nitrogens with zero attached hydrogens (tertiary/aromatic N) is 2. The predicted octanol–water partition coefficient (Wildman–Crippen LogP) is 11.9. The first-order valence-electron chi connectivity index (χ1n) is 21.2. The van der Waals surface area contributed by atoms with Gasteiger partial charge in [0.25, 0.3) is 6.71 Å². The first-order chi connectivity index (χ1) is 28.8. The van der Waals surface area contributed by atoms with Crippen LogP contribution in [-0.4, -0.2) is 15.8 Å². The van der Waals surface area contributed by atoms with Gasteiger partial charge in [-0.1, -0.05) is 143 Å². The molecule has 2 aliphatic carbocycles. The second-order valence-corrected chi connectivity index (χ2v) is 18.8. The van der Waals surface area contributed by atoms with Gasteiger partial charge in [-0.2, -0.15) is 0 Å². The highest BCUT2D eigenvalue weighted by Gasteiger charge is 2.43. The van der Waals surface area contributed by atoms with Crippen molar-refractivity contribution in [3.8, 4) is 33.6 Å². The van der Waals surface area contributed by atoms with Crippen LogP contribution in [0.1, 0.15) is 49.9 Å². The van der Waals surface area contributed by atoms with Crippen LogP contribution in [0, 0.1) is 0 Å². The number of benzene rings is 9. The molecule has 0 saturated heterocycles. The Morgan fingerprint density at radius 2 is 0.831 bits per heavy atom. The summed E-state index contributed by atoms with van der Waals surface area (Å²) in [4.78, 5) is 0. The first-order valence-corrected chi connectivity index (χ1v) is 21.2. The van der Waals surface area contributed by atoms with E-state index in [9.17, 15) is 0 Å². The summed E-state index contributed by atoms with van der Waals surface area (Å²) in [6, 6.07) is 58.7. The molecular weight excluding hydrogens is 711 g/mol. The van der Waals surface area contributed by atoms with Crippen LogP contribution in [0.15, 0.2) is 152 Å². The number of hydrogen-bond donors (Lipinski definition) is 0. The molecule has 4 aliphatic rings. The standard InChI is InChI=1S/C56H37BN2/c1-55(2)40-24-22-30-12-5-7-14-32(30)50(40)38-26-36-34-16-9-18-44-53(34)58(48(36)28-42(38)55)46-20-11-21-47-52(46)57(44)45-19-10-17-35-37-27-39-43(29-49(37)59(47)54(35)45)56(3,4)41-25-23-31-13-6-8-15-33(31)51(39)41/h5-29H,1-4H3. The third kappa shape index (κ3) is 3.38. The van der Waals surface area contributed by atoms with Crippen LogP contribution in [0.2, 0.25) is 0 Å². The molecule has 3 heteroatoms. The lowest BCUT2D eigenvalue weighted by Crippen LogP contribution is -2.59. The highest BCUT2D eigenvalue weighted by atomic mass is 15.0.